The van der Waals surface area contributed by atoms with Gasteiger partial charge in [-0.15, -0.1) is 16.4 Å². The highest BCUT2D eigenvalue weighted by Gasteiger charge is 2.27. The maximum Gasteiger partial charge on any atom is 0.254 e. The third-order valence-electron chi connectivity index (χ3n) is 4.56. The minimum absolute atomic E-state index is 0.0650. The van der Waals surface area contributed by atoms with Gasteiger partial charge in [0.2, 0.25) is 0 Å². The first-order valence-corrected chi connectivity index (χ1v) is 9.37. The fourth-order valence-corrected chi connectivity index (χ4v) is 4.65. The van der Waals surface area contributed by atoms with Crippen molar-refractivity contribution >= 4 is 17.2 Å². The van der Waals surface area contributed by atoms with Crippen LogP contribution in [0.1, 0.15) is 32.8 Å². The molecular weight excluding hydrogens is 350 g/mol. The number of tetrazole rings is 1. The van der Waals surface area contributed by atoms with Crippen molar-refractivity contribution in [3.63, 3.8) is 0 Å². The summed E-state index contributed by atoms with van der Waals surface area (Å²) < 4.78 is 6.95. The summed E-state index contributed by atoms with van der Waals surface area (Å²) in [5.74, 6) is 0.775. The maximum absolute atomic E-state index is 12.9. The van der Waals surface area contributed by atoms with Crippen LogP contribution < -0.4 is 10.1 Å². The number of aryl methyl sites for hydroxylation is 1. The summed E-state index contributed by atoms with van der Waals surface area (Å²) in [6.45, 7) is 0.541. The number of amides is 1. The Hall–Kier alpha value is -2.74. The van der Waals surface area contributed by atoms with Crippen molar-refractivity contribution in [3.05, 3.63) is 52.2 Å². The number of ether oxygens (including phenoxy) is 1. The Morgan fingerprint density at radius 1 is 1.35 bits per heavy atom. The van der Waals surface area contributed by atoms with Gasteiger partial charge in [0.1, 0.15) is 17.1 Å². The second kappa shape index (κ2) is 7.25. The molecule has 0 atom stereocenters. The largest absolute Gasteiger partial charge is 0.496 e. The molecule has 4 rings (SSSR count). The van der Waals surface area contributed by atoms with E-state index in [-0.39, 0.29) is 5.91 Å². The Morgan fingerprint density at radius 2 is 2.23 bits per heavy atom. The van der Waals surface area contributed by atoms with Gasteiger partial charge in [-0.3, -0.25) is 4.79 Å². The summed E-state index contributed by atoms with van der Waals surface area (Å²) >= 11 is 1.61. The lowest BCUT2D eigenvalue weighted by molar-refractivity contribution is 0.0953. The van der Waals surface area contributed by atoms with Crippen molar-refractivity contribution in [1.29, 1.82) is 0 Å². The molecule has 0 bridgehead atoms. The maximum atomic E-state index is 12.9. The van der Waals surface area contributed by atoms with E-state index in [1.807, 2.05) is 24.3 Å². The molecule has 26 heavy (non-hydrogen) atoms. The summed E-state index contributed by atoms with van der Waals surface area (Å²) in [6, 6.07) is 7.85. The Morgan fingerprint density at radius 3 is 3.04 bits per heavy atom. The SMILES string of the molecule is COc1ccccc1CCNC(=O)c1c(-n2cnnn2)sc2c1CCC2. The number of aromatic nitrogens is 4. The third kappa shape index (κ3) is 3.08. The van der Waals surface area contributed by atoms with Gasteiger partial charge < -0.3 is 10.1 Å². The third-order valence-corrected chi connectivity index (χ3v) is 5.84. The van der Waals surface area contributed by atoms with Crippen LogP contribution in [0.5, 0.6) is 5.75 Å². The van der Waals surface area contributed by atoms with Crippen LogP contribution in [0.3, 0.4) is 0 Å². The molecule has 8 heteroatoms. The monoisotopic (exact) mass is 369 g/mol. The van der Waals surface area contributed by atoms with Gasteiger partial charge in [0.05, 0.1) is 12.7 Å². The summed E-state index contributed by atoms with van der Waals surface area (Å²) in [6.07, 6.45) is 5.29. The van der Waals surface area contributed by atoms with Crippen LogP contribution in [-0.4, -0.2) is 39.8 Å². The topological polar surface area (TPSA) is 81.9 Å². The Kier molecular flexibility index (Phi) is 4.66. The van der Waals surface area contributed by atoms with Crippen molar-refractivity contribution < 1.29 is 9.53 Å². The van der Waals surface area contributed by atoms with E-state index in [2.05, 4.69) is 20.8 Å². The van der Waals surface area contributed by atoms with Crippen LogP contribution in [0.4, 0.5) is 0 Å². The number of thiophene rings is 1. The average molecular weight is 369 g/mol. The van der Waals surface area contributed by atoms with Gasteiger partial charge in [-0.05, 0) is 53.3 Å². The predicted molar refractivity (Wildman–Crippen MR) is 98.1 cm³/mol. The average Bonchev–Trinajstić information content (AvgIpc) is 3.38. The molecule has 1 aliphatic carbocycles. The van der Waals surface area contributed by atoms with E-state index in [9.17, 15) is 4.79 Å². The van der Waals surface area contributed by atoms with E-state index in [1.165, 1.54) is 11.2 Å². The molecule has 0 saturated carbocycles. The number of carbonyl (C=O) groups excluding carboxylic acids is 1. The number of nitrogens with zero attached hydrogens (tertiary/aromatic N) is 4. The Balaban J connectivity index is 1.52. The molecule has 0 aliphatic heterocycles. The molecule has 2 heterocycles. The van der Waals surface area contributed by atoms with Crippen LogP contribution in [0, 0.1) is 0 Å². The smallest absolute Gasteiger partial charge is 0.254 e. The molecule has 1 aliphatic rings. The Labute approximate surface area is 155 Å². The standard InChI is InChI=1S/C18H19N5O2S/c1-25-14-7-3-2-5-12(14)9-10-19-17(24)16-13-6-4-8-15(13)26-18(16)23-11-20-21-22-23/h2-3,5,7,11H,4,6,8-10H2,1H3,(H,19,24). The van der Waals surface area contributed by atoms with Gasteiger partial charge in [-0.25, -0.2) is 0 Å². The molecule has 1 aromatic carbocycles. The molecular formula is C18H19N5O2S. The number of benzene rings is 1. The molecule has 0 fully saturated rings. The van der Waals surface area contributed by atoms with Crippen LogP contribution in [0.15, 0.2) is 30.6 Å². The number of carbonyl (C=O) groups is 1. The number of methoxy groups -OCH3 is 1. The number of fused-ring (bicyclic) bond motifs is 1. The molecule has 2 aromatic heterocycles. The van der Waals surface area contributed by atoms with Crippen LogP contribution in [0.2, 0.25) is 0 Å². The van der Waals surface area contributed by atoms with Crippen molar-refractivity contribution in [1.82, 2.24) is 25.5 Å². The highest BCUT2D eigenvalue weighted by molar-refractivity contribution is 7.15. The first-order valence-electron chi connectivity index (χ1n) is 8.56. The highest BCUT2D eigenvalue weighted by atomic mass is 32.1. The lowest BCUT2D eigenvalue weighted by Crippen LogP contribution is -2.27. The zero-order valence-corrected chi connectivity index (χ0v) is 15.3. The van der Waals surface area contributed by atoms with Crippen LogP contribution in [-0.2, 0) is 19.3 Å². The molecule has 0 spiro atoms. The van der Waals surface area contributed by atoms with Crippen LogP contribution in [0.25, 0.3) is 5.00 Å². The van der Waals surface area contributed by atoms with Gasteiger partial charge in [-0.2, -0.15) is 4.68 Å². The van der Waals surface area contributed by atoms with E-state index in [4.69, 9.17) is 4.74 Å². The summed E-state index contributed by atoms with van der Waals surface area (Å²) in [5.41, 5.74) is 2.94. The first-order chi connectivity index (χ1) is 12.8. The van der Waals surface area contributed by atoms with E-state index in [1.54, 1.807) is 23.1 Å². The molecule has 0 saturated heterocycles. The second-order valence-corrected chi connectivity index (χ2v) is 7.19. The van der Waals surface area contributed by atoms with E-state index in [0.29, 0.717) is 13.0 Å². The molecule has 134 valence electrons. The molecule has 3 aromatic rings. The molecule has 7 nitrogen and oxygen atoms in total. The lowest BCUT2D eigenvalue weighted by atomic mass is 10.1. The summed E-state index contributed by atoms with van der Waals surface area (Å²) in [7, 11) is 1.66. The van der Waals surface area contributed by atoms with Crippen molar-refractivity contribution in [2.45, 2.75) is 25.7 Å². The normalized spacial score (nSPS) is 12.8. The van der Waals surface area contributed by atoms with Crippen molar-refractivity contribution in [2.24, 2.45) is 0 Å². The first kappa shape index (κ1) is 16.7. The fraction of sp³-hybridized carbons (Fsp3) is 0.333. The summed E-state index contributed by atoms with van der Waals surface area (Å²) in [4.78, 5) is 14.2. The minimum atomic E-state index is -0.0650. The van der Waals surface area contributed by atoms with E-state index in [0.717, 1.165) is 46.7 Å². The van der Waals surface area contributed by atoms with Gasteiger partial charge >= 0.3 is 0 Å². The zero-order chi connectivity index (χ0) is 17.9. The van der Waals surface area contributed by atoms with E-state index >= 15 is 0 Å². The summed E-state index contributed by atoms with van der Waals surface area (Å²) in [5, 5.41) is 15.2. The number of nitrogens with one attached hydrogen (secondary N) is 1. The number of hydrogen-bond acceptors (Lipinski definition) is 6. The molecule has 1 N–H and O–H groups in total. The number of hydrogen-bond donors (Lipinski definition) is 1. The fourth-order valence-electron chi connectivity index (χ4n) is 3.35. The van der Waals surface area contributed by atoms with E-state index < -0.39 is 0 Å². The zero-order valence-electron chi connectivity index (χ0n) is 14.4. The lowest BCUT2D eigenvalue weighted by Gasteiger charge is -2.10. The van der Waals surface area contributed by atoms with Crippen LogP contribution >= 0.6 is 11.3 Å². The molecule has 0 radical (unpaired) electrons. The quantitative estimate of drug-likeness (QED) is 0.720. The van der Waals surface area contributed by atoms with Crippen molar-refractivity contribution in [2.75, 3.05) is 13.7 Å². The molecule has 0 unspecified atom stereocenters. The molecule has 1 amide bonds. The number of rotatable bonds is 6. The predicted octanol–water partition coefficient (Wildman–Crippen LogP) is 2.19. The van der Waals surface area contributed by atoms with Gasteiger partial charge in [-0.1, -0.05) is 18.2 Å². The van der Waals surface area contributed by atoms with Crippen molar-refractivity contribution in [3.8, 4) is 10.8 Å². The van der Waals surface area contributed by atoms with Gasteiger partial charge in [0.25, 0.3) is 5.91 Å². The van der Waals surface area contributed by atoms with Gasteiger partial charge in [0.15, 0.2) is 0 Å². The minimum Gasteiger partial charge on any atom is -0.496 e. The van der Waals surface area contributed by atoms with Gasteiger partial charge in [0, 0.05) is 11.4 Å². The Bertz CT molecular complexity index is 920. The number of para-hydroxylation sites is 1. The second-order valence-electron chi connectivity index (χ2n) is 6.11. The highest BCUT2D eigenvalue weighted by Crippen LogP contribution is 2.37.